The van der Waals surface area contributed by atoms with Gasteiger partial charge in [0.1, 0.15) is 0 Å². The van der Waals surface area contributed by atoms with Gasteiger partial charge in [0.25, 0.3) is 0 Å². The fourth-order valence-corrected chi connectivity index (χ4v) is 4.01. The molecule has 178 valence electrons. The topological polar surface area (TPSA) is 110 Å². The molecule has 5 N–H and O–H groups in total. The predicted octanol–water partition coefficient (Wildman–Crippen LogP) is 8.05. The maximum atomic E-state index is 11.3. The molecule has 0 aliphatic heterocycles. The molecule has 5 heteroatoms. The number of hydrogen-bond donors (Lipinski definition) is 3. The molecule has 1 aromatic carbocycles. The Morgan fingerprint density at radius 2 is 1.06 bits per heavy atom. The number of unbranched alkanes of at least 4 members (excludes halogenated alkanes) is 15. The highest BCUT2D eigenvalue weighted by Gasteiger charge is 2.13. The zero-order valence-electron chi connectivity index (χ0n) is 19.7. The van der Waals surface area contributed by atoms with Gasteiger partial charge in [-0.1, -0.05) is 103 Å². The molecule has 1 aromatic rings. The molecule has 0 radical (unpaired) electrons. The van der Waals surface area contributed by atoms with E-state index in [0.717, 1.165) is 12.8 Å². The van der Waals surface area contributed by atoms with Gasteiger partial charge in [0.15, 0.2) is 0 Å². The number of aromatic carboxylic acids is 2. The first-order valence-corrected chi connectivity index (χ1v) is 12.2. The van der Waals surface area contributed by atoms with E-state index in [-0.39, 0.29) is 17.3 Å². The molecule has 0 atom stereocenters. The molecule has 0 aliphatic rings. The van der Waals surface area contributed by atoms with Gasteiger partial charge in [-0.3, -0.25) is 0 Å². The van der Waals surface area contributed by atoms with Crippen LogP contribution in [0.4, 0.5) is 0 Å². The van der Waals surface area contributed by atoms with Crippen molar-refractivity contribution < 1.29 is 19.8 Å². The number of carboxylic acid groups (broad SMARTS) is 2. The van der Waals surface area contributed by atoms with Crippen LogP contribution in [-0.2, 0) is 6.42 Å². The second kappa shape index (κ2) is 18.9. The summed E-state index contributed by atoms with van der Waals surface area (Å²) in [7, 11) is 0. The zero-order valence-corrected chi connectivity index (χ0v) is 19.7. The Kier molecular flexibility index (Phi) is 17.7. The maximum Gasteiger partial charge on any atom is 0.335 e. The van der Waals surface area contributed by atoms with Crippen LogP contribution >= 0.6 is 0 Å². The van der Waals surface area contributed by atoms with Crippen LogP contribution in [0.2, 0.25) is 0 Å². The van der Waals surface area contributed by atoms with Crippen LogP contribution in [-0.4, -0.2) is 22.2 Å². The first kappa shape index (κ1) is 29.1. The molecular formula is C26H45NO4. The normalized spacial score (nSPS) is 10.6. The Morgan fingerprint density at radius 3 is 1.45 bits per heavy atom. The van der Waals surface area contributed by atoms with Crippen molar-refractivity contribution in [3.05, 3.63) is 34.9 Å². The van der Waals surface area contributed by atoms with E-state index in [0.29, 0.717) is 12.0 Å². The monoisotopic (exact) mass is 435 g/mol. The van der Waals surface area contributed by atoms with Crippen molar-refractivity contribution in [2.75, 3.05) is 0 Å². The fraction of sp³-hybridized carbons (Fsp3) is 0.692. The lowest BCUT2D eigenvalue weighted by Gasteiger charge is -2.08. The SMILES string of the molecule is CCCCCCCCCCCCCCCCCCc1cc(C(=O)O)ccc1C(=O)O.N. The molecule has 31 heavy (non-hydrogen) atoms. The molecular weight excluding hydrogens is 390 g/mol. The van der Waals surface area contributed by atoms with Crippen molar-refractivity contribution in [2.24, 2.45) is 0 Å². The van der Waals surface area contributed by atoms with Crippen molar-refractivity contribution in [1.29, 1.82) is 0 Å². The summed E-state index contributed by atoms with van der Waals surface area (Å²) in [4.78, 5) is 22.4. The van der Waals surface area contributed by atoms with E-state index in [1.165, 1.54) is 108 Å². The molecule has 0 amide bonds. The summed E-state index contributed by atoms with van der Waals surface area (Å²) < 4.78 is 0. The summed E-state index contributed by atoms with van der Waals surface area (Å²) in [5, 5.41) is 18.4. The highest BCUT2D eigenvalue weighted by atomic mass is 16.4. The summed E-state index contributed by atoms with van der Waals surface area (Å²) in [5.74, 6) is -2.00. The molecule has 0 aromatic heterocycles. The number of benzene rings is 1. The highest BCUT2D eigenvalue weighted by Crippen LogP contribution is 2.18. The van der Waals surface area contributed by atoms with Crippen LogP contribution in [0, 0.1) is 0 Å². The number of rotatable bonds is 19. The van der Waals surface area contributed by atoms with Crippen LogP contribution in [0.25, 0.3) is 0 Å². The van der Waals surface area contributed by atoms with Crippen LogP contribution in [0.3, 0.4) is 0 Å². The lowest BCUT2D eigenvalue weighted by atomic mass is 9.98. The van der Waals surface area contributed by atoms with E-state index in [2.05, 4.69) is 6.92 Å². The van der Waals surface area contributed by atoms with Gasteiger partial charge in [0, 0.05) is 0 Å². The van der Waals surface area contributed by atoms with Crippen LogP contribution < -0.4 is 6.15 Å². The number of aryl methyl sites for hydroxylation is 1. The third-order valence-corrected chi connectivity index (χ3v) is 5.88. The molecule has 0 aliphatic carbocycles. The molecule has 0 fully saturated rings. The first-order valence-electron chi connectivity index (χ1n) is 12.2. The maximum absolute atomic E-state index is 11.3. The van der Waals surface area contributed by atoms with Gasteiger partial charge in [0.05, 0.1) is 11.1 Å². The highest BCUT2D eigenvalue weighted by molar-refractivity contribution is 5.93. The zero-order chi connectivity index (χ0) is 22.0. The summed E-state index contributed by atoms with van der Waals surface area (Å²) in [6, 6.07) is 4.29. The molecule has 5 nitrogen and oxygen atoms in total. The van der Waals surface area contributed by atoms with E-state index in [1.807, 2.05) is 0 Å². The lowest BCUT2D eigenvalue weighted by Crippen LogP contribution is -2.06. The largest absolute Gasteiger partial charge is 0.478 e. The van der Waals surface area contributed by atoms with Gasteiger partial charge < -0.3 is 16.4 Å². The van der Waals surface area contributed by atoms with Crippen LogP contribution in [0.15, 0.2) is 18.2 Å². The van der Waals surface area contributed by atoms with Gasteiger partial charge in [-0.15, -0.1) is 0 Å². The van der Waals surface area contributed by atoms with E-state index < -0.39 is 11.9 Å². The Bertz CT molecular complexity index is 615. The first-order chi connectivity index (χ1) is 14.6. The Morgan fingerprint density at radius 1 is 0.645 bits per heavy atom. The third kappa shape index (κ3) is 13.9. The van der Waals surface area contributed by atoms with Gasteiger partial charge in [-0.05, 0) is 36.6 Å². The minimum Gasteiger partial charge on any atom is -0.478 e. The average molecular weight is 436 g/mol. The standard InChI is InChI=1S/C26H42O4.H3N/c1-2-3-4-5-6-7-8-9-10-11-12-13-14-15-16-17-18-22-21-23(25(27)28)19-20-24(22)26(29)30;/h19-21H,2-18H2,1H3,(H,27,28)(H,29,30);1H3. The quantitative estimate of drug-likeness (QED) is 0.190. The van der Waals surface area contributed by atoms with E-state index in [1.54, 1.807) is 0 Å². The molecule has 0 spiro atoms. The van der Waals surface area contributed by atoms with Crippen LogP contribution in [0.1, 0.15) is 136 Å². The van der Waals surface area contributed by atoms with Crippen molar-refractivity contribution >= 4 is 11.9 Å². The number of hydrogen-bond acceptors (Lipinski definition) is 3. The second-order valence-electron chi connectivity index (χ2n) is 8.54. The lowest BCUT2D eigenvalue weighted by molar-refractivity contribution is 0.0680. The summed E-state index contributed by atoms with van der Waals surface area (Å²) in [5.41, 5.74) is 1.01. The minimum atomic E-state index is -1.01. The van der Waals surface area contributed by atoms with E-state index >= 15 is 0 Å². The minimum absolute atomic E-state index is 0. The van der Waals surface area contributed by atoms with E-state index in [9.17, 15) is 14.7 Å². The average Bonchev–Trinajstić information content (AvgIpc) is 2.73. The Labute approximate surface area is 189 Å². The van der Waals surface area contributed by atoms with Gasteiger partial charge >= 0.3 is 11.9 Å². The van der Waals surface area contributed by atoms with E-state index in [4.69, 9.17) is 5.11 Å². The van der Waals surface area contributed by atoms with Crippen LogP contribution in [0.5, 0.6) is 0 Å². The van der Waals surface area contributed by atoms with Gasteiger partial charge in [-0.25, -0.2) is 9.59 Å². The molecule has 0 saturated carbocycles. The van der Waals surface area contributed by atoms with Crippen molar-refractivity contribution in [3.8, 4) is 0 Å². The van der Waals surface area contributed by atoms with Crippen molar-refractivity contribution in [2.45, 2.75) is 116 Å². The smallest absolute Gasteiger partial charge is 0.335 e. The second-order valence-corrected chi connectivity index (χ2v) is 8.54. The van der Waals surface area contributed by atoms with Gasteiger partial charge in [-0.2, -0.15) is 0 Å². The molecule has 0 bridgehead atoms. The molecule has 0 unspecified atom stereocenters. The summed E-state index contributed by atoms with van der Waals surface area (Å²) >= 11 is 0. The molecule has 0 heterocycles. The third-order valence-electron chi connectivity index (χ3n) is 5.88. The summed E-state index contributed by atoms with van der Waals surface area (Å²) in [6.07, 6.45) is 21.4. The molecule has 1 rings (SSSR count). The van der Waals surface area contributed by atoms with Crippen molar-refractivity contribution in [1.82, 2.24) is 6.15 Å². The number of carbonyl (C=O) groups is 2. The summed E-state index contributed by atoms with van der Waals surface area (Å²) in [6.45, 7) is 2.26. The predicted molar refractivity (Wildman–Crippen MR) is 129 cm³/mol. The van der Waals surface area contributed by atoms with Crippen molar-refractivity contribution in [3.63, 3.8) is 0 Å². The van der Waals surface area contributed by atoms with Gasteiger partial charge in [0.2, 0.25) is 0 Å². The fourth-order valence-electron chi connectivity index (χ4n) is 4.01. The number of carboxylic acids is 2. The molecule has 0 saturated heterocycles. The Hall–Kier alpha value is -1.88. The Balaban J connectivity index is 0.00000900.